The van der Waals surface area contributed by atoms with Crippen LogP contribution in [-0.4, -0.2) is 50.7 Å². The van der Waals surface area contributed by atoms with Crippen molar-refractivity contribution >= 4 is 11.7 Å². The Balaban J connectivity index is 2.84. The molecule has 0 saturated heterocycles. The summed E-state index contributed by atoms with van der Waals surface area (Å²) >= 11 is 0. The lowest BCUT2D eigenvalue weighted by molar-refractivity contribution is -0.389. The number of amides is 1. The smallest absolute Gasteiger partial charge is 0.343 e. The number of hydrogen-bond donors (Lipinski definition) is 2. The van der Waals surface area contributed by atoms with Crippen LogP contribution in [0.2, 0.25) is 0 Å². The number of aliphatic hydroxyl groups excluding tert-OH is 1. The number of rotatable bonds is 4. The van der Waals surface area contributed by atoms with Crippen molar-refractivity contribution in [2.45, 2.75) is 13.0 Å². The van der Waals surface area contributed by atoms with Crippen molar-refractivity contribution in [1.29, 1.82) is 0 Å². The number of H-pyrrole nitrogens is 1. The highest BCUT2D eigenvalue weighted by atomic mass is 16.6. The van der Waals surface area contributed by atoms with E-state index in [0.29, 0.717) is 0 Å². The summed E-state index contributed by atoms with van der Waals surface area (Å²) < 4.78 is 0. The second-order valence-corrected chi connectivity index (χ2v) is 3.34. The van der Waals surface area contributed by atoms with E-state index >= 15 is 0 Å². The van der Waals surface area contributed by atoms with Crippen molar-refractivity contribution < 1.29 is 14.8 Å². The fraction of sp³-hybridized carbons (Fsp3) is 0.500. The topological polar surface area (TPSA) is 112 Å². The summed E-state index contributed by atoms with van der Waals surface area (Å²) in [5.74, 6) is -0.820. The molecule has 88 valence electrons. The number of carbonyl (C=O) groups is 1. The summed E-state index contributed by atoms with van der Waals surface area (Å²) in [6, 6.07) is 0.686. The molecule has 0 unspecified atom stereocenters. The van der Waals surface area contributed by atoms with E-state index in [9.17, 15) is 14.9 Å². The zero-order valence-electron chi connectivity index (χ0n) is 8.88. The molecule has 8 nitrogen and oxygen atoms in total. The number of likely N-dealkylation sites (N-methyl/N-ethyl adjacent to an activating group) is 1. The Morgan fingerprint density at radius 2 is 2.44 bits per heavy atom. The van der Waals surface area contributed by atoms with E-state index < -0.39 is 10.8 Å². The molecular formula is C8H12N4O4. The van der Waals surface area contributed by atoms with Gasteiger partial charge in [-0.25, -0.2) is 0 Å². The largest absolute Gasteiger partial charge is 0.394 e. The first-order valence-electron chi connectivity index (χ1n) is 4.55. The number of aromatic amines is 1. The second kappa shape index (κ2) is 4.71. The number of aromatic nitrogens is 2. The van der Waals surface area contributed by atoms with Crippen LogP contribution >= 0.6 is 0 Å². The lowest BCUT2D eigenvalue weighted by Gasteiger charge is -2.21. The summed E-state index contributed by atoms with van der Waals surface area (Å²) in [5, 5.41) is 24.9. The molecule has 1 rings (SSSR count). The molecule has 1 aromatic rings. The molecule has 1 aromatic heterocycles. The van der Waals surface area contributed by atoms with Gasteiger partial charge >= 0.3 is 5.82 Å². The third kappa shape index (κ3) is 2.34. The SMILES string of the molecule is C[C@@H](CO)N(C)C(=O)c1cc([N+](=O)[O-])[nH]n1. The molecule has 0 bridgehead atoms. The average Bonchev–Trinajstić information content (AvgIpc) is 2.75. The third-order valence-corrected chi connectivity index (χ3v) is 2.23. The Hall–Kier alpha value is -1.96. The van der Waals surface area contributed by atoms with Crippen LogP contribution in [0.1, 0.15) is 17.4 Å². The Kier molecular flexibility index (Phi) is 3.56. The normalized spacial score (nSPS) is 12.2. The van der Waals surface area contributed by atoms with Crippen molar-refractivity contribution in [3.63, 3.8) is 0 Å². The molecule has 1 atom stereocenters. The maximum Gasteiger partial charge on any atom is 0.343 e. The van der Waals surface area contributed by atoms with Crippen molar-refractivity contribution in [3.8, 4) is 0 Å². The van der Waals surface area contributed by atoms with Gasteiger partial charge in [-0.15, -0.1) is 5.10 Å². The maximum absolute atomic E-state index is 11.7. The van der Waals surface area contributed by atoms with Gasteiger partial charge in [-0.2, -0.15) is 0 Å². The Morgan fingerprint density at radius 3 is 2.88 bits per heavy atom. The third-order valence-electron chi connectivity index (χ3n) is 2.23. The average molecular weight is 228 g/mol. The van der Waals surface area contributed by atoms with Gasteiger partial charge in [0.15, 0.2) is 5.69 Å². The first-order valence-corrected chi connectivity index (χ1v) is 4.55. The Bertz CT molecular complexity index is 402. The molecular weight excluding hydrogens is 216 g/mol. The lowest BCUT2D eigenvalue weighted by Crippen LogP contribution is -2.37. The number of nitrogens with zero attached hydrogens (tertiary/aromatic N) is 3. The molecule has 0 aliphatic rings. The summed E-state index contributed by atoms with van der Waals surface area (Å²) in [5.41, 5.74) is -0.0468. The molecule has 0 fully saturated rings. The van der Waals surface area contributed by atoms with Gasteiger partial charge in [-0.3, -0.25) is 4.79 Å². The summed E-state index contributed by atoms with van der Waals surface area (Å²) in [6.07, 6.45) is 0. The van der Waals surface area contributed by atoms with Gasteiger partial charge in [-0.1, -0.05) is 5.10 Å². The number of hydrogen-bond acceptors (Lipinski definition) is 5. The van der Waals surface area contributed by atoms with Crippen molar-refractivity contribution in [2.75, 3.05) is 13.7 Å². The van der Waals surface area contributed by atoms with E-state index in [0.717, 1.165) is 6.07 Å². The minimum absolute atomic E-state index is 0.0468. The van der Waals surface area contributed by atoms with Gasteiger partial charge in [0, 0.05) is 7.05 Å². The molecule has 0 aliphatic heterocycles. The molecule has 2 N–H and O–H groups in total. The number of nitro groups is 1. The fourth-order valence-electron chi connectivity index (χ4n) is 1.02. The number of nitrogens with one attached hydrogen (secondary N) is 1. The highest BCUT2D eigenvalue weighted by molar-refractivity contribution is 5.92. The summed E-state index contributed by atoms with van der Waals surface area (Å²) in [4.78, 5) is 22.7. The van der Waals surface area contributed by atoms with E-state index in [1.807, 2.05) is 0 Å². The van der Waals surface area contributed by atoms with Crippen LogP contribution in [0.5, 0.6) is 0 Å². The molecule has 0 saturated carbocycles. The van der Waals surface area contributed by atoms with Crippen LogP contribution in [0.25, 0.3) is 0 Å². The van der Waals surface area contributed by atoms with Crippen LogP contribution in [0, 0.1) is 10.1 Å². The zero-order valence-corrected chi connectivity index (χ0v) is 8.88. The fourth-order valence-corrected chi connectivity index (χ4v) is 1.02. The summed E-state index contributed by atoms with van der Waals surface area (Å²) in [6.45, 7) is 1.47. The monoisotopic (exact) mass is 228 g/mol. The quantitative estimate of drug-likeness (QED) is 0.546. The predicted molar refractivity (Wildman–Crippen MR) is 53.9 cm³/mol. The van der Waals surface area contributed by atoms with E-state index in [1.54, 1.807) is 6.92 Å². The van der Waals surface area contributed by atoms with E-state index in [-0.39, 0.29) is 24.2 Å². The molecule has 16 heavy (non-hydrogen) atoms. The van der Waals surface area contributed by atoms with E-state index in [4.69, 9.17) is 5.11 Å². The predicted octanol–water partition coefficient (Wildman–Crippen LogP) is -0.229. The lowest BCUT2D eigenvalue weighted by atomic mass is 10.3. The summed E-state index contributed by atoms with van der Waals surface area (Å²) in [7, 11) is 1.49. The minimum atomic E-state index is -0.667. The van der Waals surface area contributed by atoms with Crippen LogP contribution in [0.3, 0.4) is 0 Å². The van der Waals surface area contributed by atoms with Gasteiger partial charge < -0.3 is 20.1 Å². The van der Waals surface area contributed by atoms with Crippen LogP contribution in [-0.2, 0) is 0 Å². The Morgan fingerprint density at radius 1 is 1.81 bits per heavy atom. The zero-order chi connectivity index (χ0) is 12.3. The first-order chi connectivity index (χ1) is 7.47. The minimum Gasteiger partial charge on any atom is -0.394 e. The standard InChI is InChI=1S/C8H12N4O4/c1-5(4-13)11(2)8(14)6-3-7(10-9-6)12(15)16/h3,5,13H,4H2,1-2H3,(H,9,10)/t5-/m0/s1. The first kappa shape index (κ1) is 12.1. The molecule has 0 spiro atoms. The maximum atomic E-state index is 11.7. The van der Waals surface area contributed by atoms with E-state index in [2.05, 4.69) is 10.2 Å². The van der Waals surface area contributed by atoms with Gasteiger partial charge in [0.2, 0.25) is 0 Å². The van der Waals surface area contributed by atoms with Gasteiger partial charge in [0.25, 0.3) is 5.91 Å². The van der Waals surface area contributed by atoms with Gasteiger partial charge in [0.05, 0.1) is 18.7 Å². The molecule has 0 aromatic carbocycles. The van der Waals surface area contributed by atoms with E-state index in [1.165, 1.54) is 11.9 Å². The van der Waals surface area contributed by atoms with Gasteiger partial charge in [0.1, 0.15) is 0 Å². The van der Waals surface area contributed by atoms with Crippen molar-refractivity contribution in [3.05, 3.63) is 21.9 Å². The second-order valence-electron chi connectivity index (χ2n) is 3.34. The molecule has 0 radical (unpaired) electrons. The van der Waals surface area contributed by atoms with Crippen LogP contribution < -0.4 is 0 Å². The highest BCUT2D eigenvalue weighted by Crippen LogP contribution is 2.10. The highest BCUT2D eigenvalue weighted by Gasteiger charge is 2.22. The molecule has 0 aliphatic carbocycles. The Labute approximate surface area is 91.0 Å². The van der Waals surface area contributed by atoms with Crippen molar-refractivity contribution in [2.24, 2.45) is 0 Å². The van der Waals surface area contributed by atoms with Gasteiger partial charge in [-0.05, 0) is 11.8 Å². The van der Waals surface area contributed by atoms with Crippen molar-refractivity contribution in [1.82, 2.24) is 15.1 Å². The van der Waals surface area contributed by atoms with Crippen LogP contribution in [0.15, 0.2) is 6.07 Å². The van der Waals surface area contributed by atoms with Crippen LogP contribution in [0.4, 0.5) is 5.82 Å². The molecule has 8 heteroatoms. The molecule has 1 amide bonds. The number of carbonyl (C=O) groups excluding carboxylic acids is 1. The number of aliphatic hydroxyl groups is 1. The molecule has 1 heterocycles.